The molecule has 0 radical (unpaired) electrons. The van der Waals surface area contributed by atoms with Crippen molar-refractivity contribution in [1.82, 2.24) is 14.9 Å². The van der Waals surface area contributed by atoms with E-state index in [1.54, 1.807) is 32.0 Å². The van der Waals surface area contributed by atoms with Crippen LogP contribution in [-0.4, -0.2) is 59.4 Å². The SMILES string of the molecule is CC.CC.COc1ccccc1N[C@@H](C=O)CCCN(C)C=O.Cc1nc(-c2ccc(O)c3nc(C(F)(F)P)ccc23)oc1CN. The number of phenolic OH excluding ortho intramolecular Hbond substituents is 1. The first-order chi connectivity index (χ1) is 22.0. The molecule has 13 heteroatoms. The maximum atomic E-state index is 13.4. The molecule has 1 unspecified atom stereocenters. The van der Waals surface area contributed by atoms with Crippen molar-refractivity contribution >= 4 is 38.5 Å². The third-order valence-electron chi connectivity index (χ3n) is 6.30. The van der Waals surface area contributed by atoms with Crippen LogP contribution in [-0.2, 0) is 21.8 Å². The molecule has 0 saturated carbocycles. The highest BCUT2D eigenvalue weighted by atomic mass is 31.0. The number of alkyl halides is 2. The summed E-state index contributed by atoms with van der Waals surface area (Å²) in [5.41, 5.74) is 4.01. The molecule has 0 fully saturated rings. The number of aryl methyl sites for hydroxylation is 1. The fourth-order valence-electron chi connectivity index (χ4n) is 4.06. The Morgan fingerprint density at radius 2 is 1.78 bits per heavy atom. The number of para-hydroxylation sites is 2. The van der Waals surface area contributed by atoms with Gasteiger partial charge in [0.1, 0.15) is 34.8 Å². The van der Waals surface area contributed by atoms with Crippen LogP contribution >= 0.6 is 9.24 Å². The average Bonchev–Trinajstić information content (AvgIpc) is 3.46. The molecule has 0 saturated heterocycles. The van der Waals surface area contributed by atoms with Crippen molar-refractivity contribution in [3.8, 4) is 23.0 Å². The predicted molar refractivity (Wildman–Crippen MR) is 182 cm³/mol. The zero-order valence-electron chi connectivity index (χ0n) is 27.5. The summed E-state index contributed by atoms with van der Waals surface area (Å²) in [6, 6.07) is 12.8. The number of hydrogen-bond acceptors (Lipinski definition) is 9. The zero-order valence-corrected chi connectivity index (χ0v) is 28.7. The molecule has 0 aliphatic carbocycles. The van der Waals surface area contributed by atoms with Gasteiger partial charge in [0.2, 0.25) is 12.3 Å². The second-order valence-electron chi connectivity index (χ2n) is 9.40. The number of ether oxygens (including phenoxy) is 1. The second-order valence-corrected chi connectivity index (χ2v) is 10.1. The normalized spacial score (nSPS) is 11.0. The summed E-state index contributed by atoms with van der Waals surface area (Å²) in [4.78, 5) is 31.2. The van der Waals surface area contributed by atoms with Crippen molar-refractivity contribution in [3.05, 3.63) is 65.7 Å². The van der Waals surface area contributed by atoms with Crippen LogP contribution in [0.3, 0.4) is 0 Å². The summed E-state index contributed by atoms with van der Waals surface area (Å²) in [7, 11) is 4.74. The van der Waals surface area contributed by atoms with Gasteiger partial charge in [-0.15, -0.1) is 0 Å². The monoisotopic (exact) mass is 661 g/mol. The fraction of sp³-hybridized carbons (Fsp3) is 0.394. The van der Waals surface area contributed by atoms with Gasteiger partial charge in [-0.3, -0.25) is 4.79 Å². The maximum absolute atomic E-state index is 13.4. The lowest BCUT2D eigenvalue weighted by molar-refractivity contribution is -0.117. The van der Waals surface area contributed by atoms with E-state index in [0.717, 1.165) is 24.8 Å². The highest BCUT2D eigenvalue weighted by Crippen LogP contribution is 2.38. The number of amides is 1. The Labute approximate surface area is 271 Å². The van der Waals surface area contributed by atoms with Gasteiger partial charge >= 0.3 is 0 Å². The number of benzene rings is 2. The van der Waals surface area contributed by atoms with E-state index in [9.17, 15) is 23.5 Å². The number of nitrogens with zero attached hydrogens (tertiary/aromatic N) is 3. The Morgan fingerprint density at radius 1 is 1.11 bits per heavy atom. The summed E-state index contributed by atoms with van der Waals surface area (Å²) in [6.45, 7) is 10.6. The van der Waals surface area contributed by atoms with Crippen molar-refractivity contribution in [3.63, 3.8) is 0 Å². The Balaban J connectivity index is 0.000000422. The van der Waals surface area contributed by atoms with Crippen molar-refractivity contribution < 1.29 is 32.6 Å². The number of carbonyl (C=O) groups excluding carboxylic acids is 2. The van der Waals surface area contributed by atoms with Crippen molar-refractivity contribution in [2.24, 2.45) is 5.73 Å². The minimum atomic E-state index is -3.18. The lowest BCUT2D eigenvalue weighted by Crippen LogP contribution is -2.24. The van der Waals surface area contributed by atoms with Gasteiger partial charge in [-0.05, 0) is 56.2 Å². The molecule has 10 nitrogen and oxygen atoms in total. The molecule has 1 amide bonds. The van der Waals surface area contributed by atoms with Crippen LogP contribution < -0.4 is 15.8 Å². The highest BCUT2D eigenvalue weighted by Gasteiger charge is 2.27. The van der Waals surface area contributed by atoms with Crippen LogP contribution in [0.5, 0.6) is 11.5 Å². The van der Waals surface area contributed by atoms with Crippen LogP contribution in [0.1, 0.15) is 57.7 Å². The second kappa shape index (κ2) is 20.1. The van der Waals surface area contributed by atoms with Gasteiger partial charge in [-0.1, -0.05) is 49.1 Å². The Kier molecular flexibility index (Phi) is 17.4. The number of aromatic hydroxyl groups is 1. The number of fused-ring (bicyclic) bond motifs is 1. The lowest BCUT2D eigenvalue weighted by Gasteiger charge is -2.17. The standard InChI is InChI=1S/C15H14F2N3O2P.C14H20N2O3.2C2H6/c1-7-11(6-18)22-14(19-7)9-2-4-10(21)13-8(9)3-5-12(20-13)15(16,17)23;1-16(11-18)9-5-6-12(10-17)15-13-7-3-4-8-14(13)19-2;2*1-2/h2-5,21H,6,18,23H2,1H3;3-4,7-8,10-12,15H,5-6,9H2,1-2H3;2*1-2H3/t;12-;;/m.1../s1. The number of carbonyl (C=O) groups is 2. The smallest absolute Gasteiger partial charge is 0.300 e. The third-order valence-corrected chi connectivity index (χ3v) is 6.60. The molecule has 4 rings (SSSR count). The molecule has 2 heterocycles. The number of rotatable bonds is 12. The van der Waals surface area contributed by atoms with Gasteiger partial charge in [-0.25, -0.2) is 9.97 Å². The quantitative estimate of drug-likeness (QED) is 0.109. The van der Waals surface area contributed by atoms with Gasteiger partial charge in [-0.2, -0.15) is 8.78 Å². The lowest BCUT2D eigenvalue weighted by atomic mass is 10.1. The van der Waals surface area contributed by atoms with Gasteiger partial charge < -0.3 is 35.0 Å². The largest absolute Gasteiger partial charge is 0.506 e. The zero-order chi connectivity index (χ0) is 34.9. The van der Waals surface area contributed by atoms with E-state index in [1.165, 1.54) is 27.4 Å². The average molecular weight is 662 g/mol. The number of pyridine rings is 1. The number of phenols is 1. The molecule has 4 N–H and O–H groups in total. The summed E-state index contributed by atoms with van der Waals surface area (Å²) in [5.74, 6) is 1.36. The van der Waals surface area contributed by atoms with E-state index >= 15 is 0 Å². The molecule has 0 aliphatic rings. The minimum Gasteiger partial charge on any atom is -0.506 e. The first kappa shape index (κ1) is 39.9. The van der Waals surface area contributed by atoms with E-state index in [-0.39, 0.29) is 23.9 Å². The number of methoxy groups -OCH3 is 1. The summed E-state index contributed by atoms with van der Waals surface area (Å²) in [5, 5.41) is 13.6. The van der Waals surface area contributed by atoms with Crippen molar-refractivity contribution in [2.45, 2.75) is 65.7 Å². The third kappa shape index (κ3) is 11.3. The molecular weight excluding hydrogens is 615 g/mol. The van der Waals surface area contributed by atoms with Crippen LogP contribution in [0.25, 0.3) is 22.4 Å². The van der Waals surface area contributed by atoms with Gasteiger partial charge in [0, 0.05) is 24.5 Å². The number of hydrogen-bond donors (Lipinski definition) is 3. The molecule has 2 aromatic heterocycles. The fourth-order valence-corrected chi connectivity index (χ4v) is 4.22. The number of nitrogens with one attached hydrogen (secondary N) is 1. The Bertz CT molecular complexity index is 1510. The number of anilines is 1. The molecule has 2 aromatic carbocycles. The number of nitrogens with two attached hydrogens (primary N) is 1. The van der Waals surface area contributed by atoms with Gasteiger partial charge in [0.15, 0.2) is 0 Å². The molecular formula is C33H46F2N5O5P. The number of halogens is 2. The van der Waals surface area contributed by atoms with E-state index in [2.05, 4.69) is 15.3 Å². The molecule has 46 heavy (non-hydrogen) atoms. The van der Waals surface area contributed by atoms with Crippen LogP contribution in [0, 0.1) is 6.92 Å². The first-order valence-electron chi connectivity index (χ1n) is 15.0. The molecule has 2 atom stereocenters. The Hall–Kier alpha value is -4.15. The number of aldehydes is 1. The van der Waals surface area contributed by atoms with Crippen molar-refractivity contribution in [2.75, 3.05) is 26.0 Å². The molecule has 4 aromatic rings. The molecule has 252 valence electrons. The predicted octanol–water partition coefficient (Wildman–Crippen LogP) is 6.88. The van der Waals surface area contributed by atoms with Crippen molar-refractivity contribution in [1.29, 1.82) is 0 Å². The van der Waals surface area contributed by atoms with Crippen LogP contribution in [0.15, 0.2) is 52.9 Å². The van der Waals surface area contributed by atoms with Crippen LogP contribution in [0.2, 0.25) is 0 Å². The Morgan fingerprint density at radius 3 is 2.35 bits per heavy atom. The molecule has 0 spiro atoms. The van der Waals surface area contributed by atoms with E-state index in [4.69, 9.17) is 14.9 Å². The van der Waals surface area contributed by atoms with Gasteiger partial charge in [0.05, 0.1) is 31.1 Å². The minimum absolute atomic E-state index is 0.0623. The molecule has 0 bridgehead atoms. The topological polar surface area (TPSA) is 144 Å². The van der Waals surface area contributed by atoms with Crippen LogP contribution in [0.4, 0.5) is 14.5 Å². The first-order valence-corrected chi connectivity index (χ1v) is 15.6. The highest BCUT2D eigenvalue weighted by molar-refractivity contribution is 7.17. The van der Waals surface area contributed by atoms with Gasteiger partial charge in [0.25, 0.3) is 5.66 Å². The maximum Gasteiger partial charge on any atom is 0.300 e. The summed E-state index contributed by atoms with van der Waals surface area (Å²) in [6.07, 6.45) is 3.09. The number of oxazole rings is 1. The summed E-state index contributed by atoms with van der Waals surface area (Å²) >= 11 is 0. The summed E-state index contributed by atoms with van der Waals surface area (Å²) < 4.78 is 37.6. The number of aromatic nitrogens is 2. The van der Waals surface area contributed by atoms with E-state index < -0.39 is 11.4 Å². The molecule has 0 aliphatic heterocycles. The van der Waals surface area contributed by atoms with E-state index in [1.807, 2.05) is 52.0 Å². The van der Waals surface area contributed by atoms with E-state index in [0.29, 0.717) is 47.0 Å².